The molecule has 0 aliphatic carbocycles. The molecule has 0 radical (unpaired) electrons. The van der Waals surface area contributed by atoms with Gasteiger partial charge in [-0.25, -0.2) is 0 Å². The minimum atomic E-state index is -0.137. The Kier molecular flexibility index (Phi) is 7.12. The number of halogens is 3. The minimum absolute atomic E-state index is 0.0114. The molecule has 0 aromatic heterocycles. The van der Waals surface area contributed by atoms with Crippen LogP contribution in [0.1, 0.15) is 5.56 Å². The van der Waals surface area contributed by atoms with E-state index in [9.17, 15) is 4.79 Å². The number of rotatable bonds is 6. The topological polar surface area (TPSA) is 29.1 Å². The fourth-order valence-electron chi connectivity index (χ4n) is 1.13. The summed E-state index contributed by atoms with van der Waals surface area (Å²) in [5, 5.41) is 3.83. The van der Waals surface area contributed by atoms with Gasteiger partial charge in [-0.15, -0.1) is 11.6 Å². The summed E-state index contributed by atoms with van der Waals surface area (Å²) in [6.45, 7) is 0.623. The molecule has 0 heterocycles. The molecule has 0 unspecified atom stereocenters. The smallest absolute Gasteiger partial charge is 0.234 e. The lowest BCUT2D eigenvalue weighted by atomic mass is 10.2. The van der Waals surface area contributed by atoms with E-state index in [4.69, 9.17) is 34.8 Å². The van der Waals surface area contributed by atoms with E-state index in [1.54, 1.807) is 17.8 Å². The molecule has 0 bridgehead atoms. The van der Waals surface area contributed by atoms with Crippen molar-refractivity contribution in [1.29, 1.82) is 0 Å². The summed E-state index contributed by atoms with van der Waals surface area (Å²) in [6.07, 6.45) is 0. The Morgan fingerprint density at radius 2 is 2.06 bits per heavy atom. The monoisotopic (exact) mass is 311 g/mol. The van der Waals surface area contributed by atoms with Crippen LogP contribution in [0.3, 0.4) is 0 Å². The van der Waals surface area contributed by atoms with Crippen molar-refractivity contribution in [3.05, 3.63) is 33.8 Å². The standard InChI is InChI=1S/C11H12Cl3NOS/c12-6-11(16)15-3-4-17-7-8-1-2-9(13)10(14)5-8/h1-2,5H,3-4,6-7H2,(H,15,16). The Labute approximate surface area is 120 Å². The third-order valence-electron chi connectivity index (χ3n) is 1.94. The minimum Gasteiger partial charge on any atom is -0.354 e. The second kappa shape index (κ2) is 8.09. The number of hydrogen-bond donors (Lipinski definition) is 1. The lowest BCUT2D eigenvalue weighted by molar-refractivity contribution is -0.118. The van der Waals surface area contributed by atoms with E-state index in [-0.39, 0.29) is 11.8 Å². The fraction of sp³-hybridized carbons (Fsp3) is 0.364. The maximum absolute atomic E-state index is 10.8. The molecule has 0 atom stereocenters. The van der Waals surface area contributed by atoms with Crippen LogP contribution in [0.4, 0.5) is 0 Å². The van der Waals surface area contributed by atoms with Crippen molar-refractivity contribution in [2.24, 2.45) is 0 Å². The van der Waals surface area contributed by atoms with Gasteiger partial charge in [-0.1, -0.05) is 29.3 Å². The number of nitrogens with one attached hydrogen (secondary N) is 1. The van der Waals surface area contributed by atoms with Crippen LogP contribution in [-0.2, 0) is 10.5 Å². The van der Waals surface area contributed by atoms with Crippen LogP contribution in [0.5, 0.6) is 0 Å². The molecule has 0 spiro atoms. The summed E-state index contributed by atoms with van der Waals surface area (Å²) < 4.78 is 0. The first-order valence-electron chi connectivity index (χ1n) is 4.98. The highest BCUT2D eigenvalue weighted by molar-refractivity contribution is 7.98. The van der Waals surface area contributed by atoms with Crippen molar-refractivity contribution < 1.29 is 4.79 Å². The van der Waals surface area contributed by atoms with Gasteiger partial charge in [0.25, 0.3) is 0 Å². The van der Waals surface area contributed by atoms with Gasteiger partial charge in [-0.05, 0) is 17.7 Å². The van der Waals surface area contributed by atoms with E-state index in [0.29, 0.717) is 16.6 Å². The molecule has 1 aromatic rings. The summed E-state index contributed by atoms with van der Waals surface area (Å²) >= 11 is 18.8. The summed E-state index contributed by atoms with van der Waals surface area (Å²) in [6, 6.07) is 5.59. The molecule has 1 aromatic carbocycles. The largest absolute Gasteiger partial charge is 0.354 e. The van der Waals surface area contributed by atoms with Crippen LogP contribution in [0, 0.1) is 0 Å². The number of thioether (sulfide) groups is 1. The third kappa shape index (κ3) is 5.87. The lowest BCUT2D eigenvalue weighted by Gasteiger charge is -2.04. The zero-order chi connectivity index (χ0) is 12.7. The average Bonchev–Trinajstić information content (AvgIpc) is 2.33. The van der Waals surface area contributed by atoms with Crippen LogP contribution in [0.25, 0.3) is 0 Å². The second-order valence-electron chi connectivity index (χ2n) is 3.28. The normalized spacial score (nSPS) is 10.3. The van der Waals surface area contributed by atoms with Crippen LogP contribution in [0.2, 0.25) is 10.0 Å². The van der Waals surface area contributed by atoms with Crippen LogP contribution >= 0.6 is 46.6 Å². The van der Waals surface area contributed by atoms with Gasteiger partial charge in [0.2, 0.25) is 5.91 Å². The van der Waals surface area contributed by atoms with E-state index in [2.05, 4.69) is 5.32 Å². The van der Waals surface area contributed by atoms with Gasteiger partial charge in [0.05, 0.1) is 10.0 Å². The molecule has 94 valence electrons. The van der Waals surface area contributed by atoms with Crippen LogP contribution in [-0.4, -0.2) is 24.1 Å². The number of carbonyl (C=O) groups is 1. The molecule has 1 rings (SSSR count). The molecule has 0 aliphatic rings. The SMILES string of the molecule is O=C(CCl)NCCSCc1ccc(Cl)c(Cl)c1. The maximum Gasteiger partial charge on any atom is 0.234 e. The van der Waals surface area contributed by atoms with E-state index in [0.717, 1.165) is 17.1 Å². The Bertz CT molecular complexity index is 387. The van der Waals surface area contributed by atoms with Gasteiger partial charge >= 0.3 is 0 Å². The number of hydrogen-bond acceptors (Lipinski definition) is 2. The van der Waals surface area contributed by atoms with Gasteiger partial charge in [-0.2, -0.15) is 11.8 Å². The maximum atomic E-state index is 10.8. The summed E-state index contributed by atoms with van der Waals surface area (Å²) in [5.41, 5.74) is 1.12. The van der Waals surface area contributed by atoms with Crippen molar-refractivity contribution in [1.82, 2.24) is 5.32 Å². The second-order valence-corrected chi connectivity index (χ2v) is 5.47. The summed E-state index contributed by atoms with van der Waals surface area (Å²) in [4.78, 5) is 10.8. The summed E-state index contributed by atoms with van der Waals surface area (Å²) in [5.74, 6) is 1.55. The highest BCUT2D eigenvalue weighted by Crippen LogP contribution is 2.24. The van der Waals surface area contributed by atoms with E-state index in [1.165, 1.54) is 0 Å². The highest BCUT2D eigenvalue weighted by atomic mass is 35.5. The molecule has 0 aliphatic heterocycles. The van der Waals surface area contributed by atoms with Gasteiger partial charge < -0.3 is 5.32 Å². The number of carbonyl (C=O) groups excluding carboxylic acids is 1. The Morgan fingerprint density at radius 1 is 1.29 bits per heavy atom. The van der Waals surface area contributed by atoms with Gasteiger partial charge in [0, 0.05) is 18.1 Å². The zero-order valence-corrected chi connectivity index (χ0v) is 12.1. The average molecular weight is 313 g/mol. The molecule has 0 saturated carbocycles. The molecule has 2 nitrogen and oxygen atoms in total. The van der Waals surface area contributed by atoms with E-state index < -0.39 is 0 Å². The lowest BCUT2D eigenvalue weighted by Crippen LogP contribution is -2.26. The van der Waals surface area contributed by atoms with Gasteiger partial charge in [-0.3, -0.25) is 4.79 Å². The first-order chi connectivity index (χ1) is 8.13. The van der Waals surface area contributed by atoms with Crippen molar-refractivity contribution in [3.8, 4) is 0 Å². The van der Waals surface area contributed by atoms with Crippen LogP contribution in [0.15, 0.2) is 18.2 Å². The molecular formula is C11H12Cl3NOS. The van der Waals surface area contributed by atoms with Gasteiger partial charge in [0.15, 0.2) is 0 Å². The fourth-order valence-corrected chi connectivity index (χ4v) is 2.35. The molecule has 6 heteroatoms. The molecule has 1 amide bonds. The Balaban J connectivity index is 2.22. The first-order valence-corrected chi connectivity index (χ1v) is 7.42. The predicted molar refractivity (Wildman–Crippen MR) is 76.4 cm³/mol. The predicted octanol–water partition coefficient (Wildman–Crippen LogP) is 3.58. The van der Waals surface area contributed by atoms with Crippen molar-refractivity contribution in [3.63, 3.8) is 0 Å². The van der Waals surface area contributed by atoms with Crippen molar-refractivity contribution in [2.75, 3.05) is 18.2 Å². The van der Waals surface area contributed by atoms with Crippen molar-refractivity contribution >= 4 is 52.5 Å². The number of amides is 1. The van der Waals surface area contributed by atoms with Gasteiger partial charge in [0.1, 0.15) is 5.88 Å². The molecule has 0 fully saturated rings. The van der Waals surface area contributed by atoms with E-state index in [1.807, 2.05) is 12.1 Å². The summed E-state index contributed by atoms with van der Waals surface area (Å²) in [7, 11) is 0. The quantitative estimate of drug-likeness (QED) is 0.642. The number of benzene rings is 1. The van der Waals surface area contributed by atoms with E-state index >= 15 is 0 Å². The molecule has 0 saturated heterocycles. The molecular weight excluding hydrogens is 301 g/mol. The number of alkyl halides is 1. The third-order valence-corrected chi connectivity index (χ3v) is 3.95. The zero-order valence-electron chi connectivity index (χ0n) is 9.01. The highest BCUT2D eigenvalue weighted by Gasteiger charge is 2.00. The Hall–Kier alpha value is -0.0900. The molecule has 17 heavy (non-hydrogen) atoms. The van der Waals surface area contributed by atoms with Crippen molar-refractivity contribution in [2.45, 2.75) is 5.75 Å². The Morgan fingerprint density at radius 3 is 2.71 bits per heavy atom. The molecule has 1 N–H and O–H groups in total. The van der Waals surface area contributed by atoms with Crippen LogP contribution < -0.4 is 5.32 Å². The first kappa shape index (κ1) is 15.0.